The summed E-state index contributed by atoms with van der Waals surface area (Å²) in [7, 11) is 0. The number of nitrogens with one attached hydrogen (secondary N) is 1. The van der Waals surface area contributed by atoms with Crippen LogP contribution in [0.2, 0.25) is 0 Å². The van der Waals surface area contributed by atoms with Gasteiger partial charge in [0.05, 0.1) is 5.51 Å². The van der Waals surface area contributed by atoms with Crippen molar-refractivity contribution < 1.29 is 9.18 Å². The quantitative estimate of drug-likeness (QED) is 0.882. The molecule has 2 aromatic rings. The number of halogens is 1. The average molecular weight is 278 g/mol. The van der Waals surface area contributed by atoms with E-state index in [0.717, 1.165) is 12.0 Å². The van der Waals surface area contributed by atoms with Gasteiger partial charge in [-0.15, -0.1) is 11.3 Å². The summed E-state index contributed by atoms with van der Waals surface area (Å²) < 4.78 is 12.7. The average Bonchev–Trinajstić information content (AvgIpc) is 2.91. The Morgan fingerprint density at radius 3 is 2.74 bits per heavy atom. The van der Waals surface area contributed by atoms with Gasteiger partial charge in [0, 0.05) is 30.5 Å². The Hall–Kier alpha value is -1.75. The van der Waals surface area contributed by atoms with Gasteiger partial charge < -0.3 is 5.32 Å². The summed E-state index contributed by atoms with van der Waals surface area (Å²) >= 11 is 1.59. The van der Waals surface area contributed by atoms with Gasteiger partial charge in [-0.1, -0.05) is 12.1 Å². The Morgan fingerprint density at radius 2 is 2.05 bits per heavy atom. The van der Waals surface area contributed by atoms with E-state index in [1.165, 1.54) is 17.0 Å². The molecule has 1 N–H and O–H groups in total. The SMILES string of the molecule is O=C(CCc1ccc(F)cc1)NCCc1cncs1. The predicted octanol–water partition coefficient (Wildman–Crippen LogP) is 2.57. The lowest BCUT2D eigenvalue weighted by molar-refractivity contribution is -0.121. The van der Waals surface area contributed by atoms with Crippen molar-refractivity contribution in [3.63, 3.8) is 0 Å². The molecule has 0 saturated heterocycles. The van der Waals surface area contributed by atoms with Crippen LogP contribution in [0.1, 0.15) is 16.9 Å². The third-order valence-electron chi connectivity index (χ3n) is 2.73. The first kappa shape index (κ1) is 13.7. The van der Waals surface area contributed by atoms with E-state index in [9.17, 15) is 9.18 Å². The fourth-order valence-corrected chi connectivity index (χ4v) is 2.29. The molecule has 19 heavy (non-hydrogen) atoms. The summed E-state index contributed by atoms with van der Waals surface area (Å²) in [5.41, 5.74) is 2.75. The second kappa shape index (κ2) is 6.99. The molecular weight excluding hydrogens is 263 g/mol. The minimum absolute atomic E-state index is 0.0221. The van der Waals surface area contributed by atoms with Gasteiger partial charge in [0.2, 0.25) is 5.91 Å². The lowest BCUT2D eigenvalue weighted by Crippen LogP contribution is -2.25. The molecule has 1 amide bonds. The number of aromatic nitrogens is 1. The van der Waals surface area contributed by atoms with E-state index in [-0.39, 0.29) is 11.7 Å². The van der Waals surface area contributed by atoms with Crippen molar-refractivity contribution in [3.8, 4) is 0 Å². The van der Waals surface area contributed by atoms with Gasteiger partial charge in [0.15, 0.2) is 0 Å². The van der Waals surface area contributed by atoms with Crippen LogP contribution in [0.3, 0.4) is 0 Å². The summed E-state index contributed by atoms with van der Waals surface area (Å²) in [4.78, 5) is 16.8. The number of carbonyl (C=O) groups is 1. The molecule has 100 valence electrons. The minimum atomic E-state index is -0.252. The molecule has 0 atom stereocenters. The molecular formula is C14H15FN2OS. The molecule has 0 unspecified atom stereocenters. The van der Waals surface area contributed by atoms with Crippen LogP contribution in [-0.2, 0) is 17.6 Å². The molecule has 0 bridgehead atoms. The third kappa shape index (κ3) is 4.79. The van der Waals surface area contributed by atoms with Gasteiger partial charge in [-0.2, -0.15) is 0 Å². The summed E-state index contributed by atoms with van der Waals surface area (Å²) in [6, 6.07) is 6.24. The van der Waals surface area contributed by atoms with Crippen molar-refractivity contribution in [2.24, 2.45) is 0 Å². The zero-order chi connectivity index (χ0) is 13.5. The molecule has 1 aromatic heterocycles. The van der Waals surface area contributed by atoms with Crippen molar-refractivity contribution in [3.05, 3.63) is 52.2 Å². The monoisotopic (exact) mass is 278 g/mol. The number of nitrogens with zero attached hydrogens (tertiary/aromatic N) is 1. The Morgan fingerprint density at radius 1 is 1.26 bits per heavy atom. The fourth-order valence-electron chi connectivity index (χ4n) is 1.69. The van der Waals surface area contributed by atoms with E-state index in [0.29, 0.717) is 19.4 Å². The lowest BCUT2D eigenvalue weighted by atomic mass is 10.1. The van der Waals surface area contributed by atoms with Crippen molar-refractivity contribution in [1.29, 1.82) is 0 Å². The number of thiazole rings is 1. The number of rotatable bonds is 6. The van der Waals surface area contributed by atoms with Gasteiger partial charge >= 0.3 is 0 Å². The van der Waals surface area contributed by atoms with Crippen molar-refractivity contribution in [2.45, 2.75) is 19.3 Å². The fraction of sp³-hybridized carbons (Fsp3) is 0.286. The number of carbonyl (C=O) groups excluding carboxylic acids is 1. The molecule has 1 aromatic carbocycles. The van der Waals surface area contributed by atoms with Crippen molar-refractivity contribution in [2.75, 3.05) is 6.54 Å². The molecule has 0 fully saturated rings. The van der Waals surface area contributed by atoms with Crippen LogP contribution in [0.15, 0.2) is 36.0 Å². The molecule has 0 saturated carbocycles. The molecule has 0 aliphatic rings. The molecule has 3 nitrogen and oxygen atoms in total. The van der Waals surface area contributed by atoms with Crippen LogP contribution >= 0.6 is 11.3 Å². The molecule has 0 radical (unpaired) electrons. The Kier molecular flexibility index (Phi) is 5.03. The molecule has 0 aliphatic heterocycles. The molecule has 0 aliphatic carbocycles. The molecule has 5 heteroatoms. The van der Waals surface area contributed by atoms with Crippen LogP contribution in [0.5, 0.6) is 0 Å². The first-order valence-corrected chi connectivity index (χ1v) is 7.00. The number of benzene rings is 1. The van der Waals surface area contributed by atoms with Gasteiger partial charge in [-0.05, 0) is 24.1 Å². The van der Waals surface area contributed by atoms with E-state index in [1.54, 1.807) is 29.0 Å². The minimum Gasteiger partial charge on any atom is -0.356 e. The highest BCUT2D eigenvalue weighted by molar-refractivity contribution is 7.09. The Labute approximate surface area is 115 Å². The molecule has 1 heterocycles. The normalized spacial score (nSPS) is 10.4. The molecule has 0 spiro atoms. The molecule has 2 rings (SSSR count). The maximum absolute atomic E-state index is 12.7. The highest BCUT2D eigenvalue weighted by atomic mass is 32.1. The first-order valence-electron chi connectivity index (χ1n) is 6.12. The van der Waals surface area contributed by atoms with E-state index in [1.807, 2.05) is 6.20 Å². The summed E-state index contributed by atoms with van der Waals surface area (Å²) in [5.74, 6) is -0.230. The third-order valence-corrected chi connectivity index (χ3v) is 3.57. The van der Waals surface area contributed by atoms with Gasteiger partial charge in [0.1, 0.15) is 5.82 Å². The summed E-state index contributed by atoms with van der Waals surface area (Å²) in [5, 5.41) is 2.87. The smallest absolute Gasteiger partial charge is 0.220 e. The van der Waals surface area contributed by atoms with E-state index < -0.39 is 0 Å². The van der Waals surface area contributed by atoms with Crippen LogP contribution in [0, 0.1) is 5.82 Å². The van der Waals surface area contributed by atoms with E-state index in [2.05, 4.69) is 10.3 Å². The van der Waals surface area contributed by atoms with Crippen LogP contribution < -0.4 is 5.32 Å². The van der Waals surface area contributed by atoms with Gasteiger partial charge in [0.25, 0.3) is 0 Å². The van der Waals surface area contributed by atoms with E-state index >= 15 is 0 Å². The first-order chi connectivity index (χ1) is 9.24. The number of amides is 1. The van der Waals surface area contributed by atoms with E-state index in [4.69, 9.17) is 0 Å². The zero-order valence-electron chi connectivity index (χ0n) is 10.4. The Bertz CT molecular complexity index is 511. The predicted molar refractivity (Wildman–Crippen MR) is 73.5 cm³/mol. The van der Waals surface area contributed by atoms with Crippen LogP contribution in [0.25, 0.3) is 0 Å². The zero-order valence-corrected chi connectivity index (χ0v) is 11.3. The highest BCUT2D eigenvalue weighted by Crippen LogP contribution is 2.06. The second-order valence-corrected chi connectivity index (χ2v) is 5.17. The van der Waals surface area contributed by atoms with Crippen LogP contribution in [0.4, 0.5) is 4.39 Å². The number of aryl methyl sites for hydroxylation is 1. The maximum atomic E-state index is 12.7. The Balaban J connectivity index is 1.65. The lowest BCUT2D eigenvalue weighted by Gasteiger charge is -2.04. The highest BCUT2D eigenvalue weighted by Gasteiger charge is 2.02. The summed E-state index contributed by atoms with van der Waals surface area (Å²) in [6.07, 6.45) is 3.68. The standard InChI is InChI=1S/C14H15FN2OS/c15-12-4-1-11(2-5-12)3-6-14(18)17-8-7-13-9-16-10-19-13/h1-2,4-5,9-10H,3,6-8H2,(H,17,18). The maximum Gasteiger partial charge on any atom is 0.220 e. The topological polar surface area (TPSA) is 42.0 Å². The van der Waals surface area contributed by atoms with Gasteiger partial charge in [-0.25, -0.2) is 4.39 Å². The largest absolute Gasteiger partial charge is 0.356 e. The second-order valence-electron chi connectivity index (χ2n) is 4.19. The van der Waals surface area contributed by atoms with Crippen LogP contribution in [-0.4, -0.2) is 17.4 Å². The summed E-state index contributed by atoms with van der Waals surface area (Å²) in [6.45, 7) is 0.629. The number of hydrogen-bond acceptors (Lipinski definition) is 3. The van der Waals surface area contributed by atoms with Crippen molar-refractivity contribution >= 4 is 17.2 Å². The van der Waals surface area contributed by atoms with Crippen molar-refractivity contribution in [1.82, 2.24) is 10.3 Å². The van der Waals surface area contributed by atoms with Gasteiger partial charge in [-0.3, -0.25) is 9.78 Å². The number of hydrogen-bond donors (Lipinski definition) is 1.